The highest BCUT2D eigenvalue weighted by molar-refractivity contribution is 5.40. The van der Waals surface area contributed by atoms with E-state index in [1.807, 2.05) is 0 Å². The summed E-state index contributed by atoms with van der Waals surface area (Å²) in [5.41, 5.74) is 0.545. The molecule has 5 heteroatoms. The minimum Gasteiger partial charge on any atom is -0.497 e. The quantitative estimate of drug-likeness (QED) is 0.821. The number of halogens is 2. The second kappa shape index (κ2) is 4.53. The van der Waals surface area contributed by atoms with E-state index in [-0.39, 0.29) is 5.69 Å². The van der Waals surface area contributed by atoms with Crippen molar-refractivity contribution >= 4 is 0 Å². The second-order valence-electron chi connectivity index (χ2n) is 3.56. The molecule has 0 aliphatic carbocycles. The molecule has 0 spiro atoms. The number of alkyl halides is 2. The molecule has 1 aromatic heterocycles. The first-order valence-corrected chi connectivity index (χ1v) is 5.10. The van der Waals surface area contributed by atoms with Gasteiger partial charge in [0.05, 0.1) is 13.3 Å². The van der Waals surface area contributed by atoms with Crippen LogP contribution in [0.15, 0.2) is 30.5 Å². The third kappa shape index (κ3) is 2.13. The number of nitrogens with zero attached hydrogens (tertiary/aromatic N) is 2. The van der Waals surface area contributed by atoms with Crippen LogP contribution in [0.5, 0.6) is 5.75 Å². The molecule has 3 nitrogen and oxygen atoms in total. The molecule has 0 amide bonds. The van der Waals surface area contributed by atoms with E-state index in [0.717, 1.165) is 0 Å². The molecule has 17 heavy (non-hydrogen) atoms. The molecule has 0 radical (unpaired) electrons. The summed E-state index contributed by atoms with van der Waals surface area (Å²) in [7, 11) is 1.56. The zero-order valence-electron chi connectivity index (χ0n) is 9.52. The van der Waals surface area contributed by atoms with Gasteiger partial charge in [-0.15, -0.1) is 0 Å². The van der Waals surface area contributed by atoms with Gasteiger partial charge < -0.3 is 4.74 Å². The number of hydrogen-bond acceptors (Lipinski definition) is 2. The molecule has 0 unspecified atom stereocenters. The monoisotopic (exact) mass is 238 g/mol. The van der Waals surface area contributed by atoms with Crippen LogP contribution >= 0.6 is 0 Å². The average Bonchev–Trinajstić information content (AvgIpc) is 2.71. The lowest BCUT2D eigenvalue weighted by Gasteiger charge is -2.10. The van der Waals surface area contributed by atoms with E-state index in [2.05, 4.69) is 4.98 Å². The molecule has 0 bridgehead atoms. The Morgan fingerprint density at radius 3 is 2.41 bits per heavy atom. The minimum absolute atomic E-state index is 0.104. The predicted molar refractivity (Wildman–Crippen MR) is 59.8 cm³/mol. The summed E-state index contributed by atoms with van der Waals surface area (Å²) < 4.78 is 32.0. The van der Waals surface area contributed by atoms with Crippen molar-refractivity contribution in [1.82, 2.24) is 9.55 Å². The zero-order valence-corrected chi connectivity index (χ0v) is 9.52. The molecular formula is C12H12F2N2O. The normalized spacial score (nSPS) is 10.9. The predicted octanol–water partition coefficient (Wildman–Crippen LogP) is 3.13. The summed E-state index contributed by atoms with van der Waals surface area (Å²) in [6.45, 7) is 1.69. The maximum absolute atomic E-state index is 12.8. The highest BCUT2D eigenvalue weighted by Crippen LogP contribution is 2.24. The maximum Gasteiger partial charge on any atom is 0.280 e. The standard InChI is InChI=1S/C12H12F2N2O/c1-8-15-7-11(12(13)14)16(8)9-3-5-10(17-2)6-4-9/h3-7,12H,1-2H3. The molecule has 0 saturated heterocycles. The molecule has 2 rings (SSSR count). The highest BCUT2D eigenvalue weighted by Gasteiger charge is 2.16. The van der Waals surface area contributed by atoms with Crippen LogP contribution in [0.25, 0.3) is 5.69 Å². The van der Waals surface area contributed by atoms with E-state index in [1.165, 1.54) is 10.8 Å². The van der Waals surface area contributed by atoms with Crippen molar-refractivity contribution in [2.24, 2.45) is 0 Å². The highest BCUT2D eigenvalue weighted by atomic mass is 19.3. The molecule has 1 heterocycles. The number of aryl methyl sites for hydroxylation is 1. The first-order valence-electron chi connectivity index (χ1n) is 5.10. The van der Waals surface area contributed by atoms with Crippen molar-refractivity contribution in [3.05, 3.63) is 42.0 Å². The lowest BCUT2D eigenvalue weighted by atomic mass is 10.3. The molecule has 90 valence electrons. The topological polar surface area (TPSA) is 27.1 Å². The molecule has 0 N–H and O–H groups in total. The Morgan fingerprint density at radius 1 is 1.24 bits per heavy atom. The Kier molecular flexibility index (Phi) is 3.08. The van der Waals surface area contributed by atoms with Gasteiger partial charge in [-0.3, -0.25) is 4.57 Å². The average molecular weight is 238 g/mol. The summed E-state index contributed by atoms with van der Waals surface area (Å²) in [4.78, 5) is 3.91. The Labute approximate surface area is 97.7 Å². The van der Waals surface area contributed by atoms with Crippen molar-refractivity contribution in [3.63, 3.8) is 0 Å². The van der Waals surface area contributed by atoms with Gasteiger partial charge in [-0.2, -0.15) is 0 Å². The first kappa shape index (κ1) is 11.6. The van der Waals surface area contributed by atoms with E-state index in [1.54, 1.807) is 38.3 Å². The van der Waals surface area contributed by atoms with Crippen LogP contribution in [-0.4, -0.2) is 16.7 Å². The number of benzene rings is 1. The summed E-state index contributed by atoms with van der Waals surface area (Å²) in [6, 6.07) is 6.90. The van der Waals surface area contributed by atoms with Crippen LogP contribution in [0.3, 0.4) is 0 Å². The van der Waals surface area contributed by atoms with Crippen molar-refractivity contribution in [2.75, 3.05) is 7.11 Å². The molecule has 1 aromatic carbocycles. The van der Waals surface area contributed by atoms with Gasteiger partial charge in [-0.05, 0) is 31.2 Å². The molecule has 0 aliphatic heterocycles. The van der Waals surface area contributed by atoms with Gasteiger partial charge in [-0.25, -0.2) is 13.8 Å². The molecule has 0 saturated carbocycles. The Balaban J connectivity index is 2.48. The number of aromatic nitrogens is 2. The number of methoxy groups -OCH3 is 1. The fourth-order valence-corrected chi connectivity index (χ4v) is 1.68. The Bertz CT molecular complexity index is 506. The smallest absolute Gasteiger partial charge is 0.280 e. The largest absolute Gasteiger partial charge is 0.497 e. The van der Waals surface area contributed by atoms with Gasteiger partial charge in [0.15, 0.2) is 0 Å². The Morgan fingerprint density at radius 2 is 1.88 bits per heavy atom. The van der Waals surface area contributed by atoms with Gasteiger partial charge >= 0.3 is 0 Å². The lowest BCUT2D eigenvalue weighted by molar-refractivity contribution is 0.144. The number of imidazole rings is 1. The summed E-state index contributed by atoms with van der Waals surface area (Å²) in [5.74, 6) is 1.22. The van der Waals surface area contributed by atoms with Crippen molar-refractivity contribution in [2.45, 2.75) is 13.3 Å². The van der Waals surface area contributed by atoms with Crippen LogP contribution in [0.4, 0.5) is 8.78 Å². The van der Waals surface area contributed by atoms with Gasteiger partial charge in [0.1, 0.15) is 17.3 Å². The minimum atomic E-state index is -2.54. The lowest BCUT2D eigenvalue weighted by Crippen LogP contribution is -2.02. The van der Waals surface area contributed by atoms with E-state index in [9.17, 15) is 8.78 Å². The van der Waals surface area contributed by atoms with E-state index in [4.69, 9.17) is 4.74 Å². The van der Waals surface area contributed by atoms with E-state index >= 15 is 0 Å². The van der Waals surface area contributed by atoms with Crippen LogP contribution < -0.4 is 4.74 Å². The van der Waals surface area contributed by atoms with E-state index < -0.39 is 6.43 Å². The van der Waals surface area contributed by atoms with Crippen molar-refractivity contribution < 1.29 is 13.5 Å². The SMILES string of the molecule is COc1ccc(-n2c(C(F)F)cnc2C)cc1. The van der Waals surface area contributed by atoms with Gasteiger partial charge in [0, 0.05) is 5.69 Å². The number of hydrogen-bond donors (Lipinski definition) is 0. The third-order valence-corrected chi connectivity index (χ3v) is 2.52. The molecule has 0 aliphatic rings. The van der Waals surface area contributed by atoms with Crippen LogP contribution in [0.2, 0.25) is 0 Å². The second-order valence-corrected chi connectivity index (χ2v) is 3.56. The van der Waals surface area contributed by atoms with Crippen molar-refractivity contribution in [1.29, 1.82) is 0 Å². The zero-order chi connectivity index (χ0) is 12.4. The molecule has 0 fully saturated rings. The summed E-state index contributed by atoms with van der Waals surface area (Å²) >= 11 is 0. The number of ether oxygens (including phenoxy) is 1. The maximum atomic E-state index is 12.8. The first-order chi connectivity index (χ1) is 8.13. The molecule has 2 aromatic rings. The molecular weight excluding hydrogens is 226 g/mol. The summed E-state index contributed by atoms with van der Waals surface area (Å²) in [6.07, 6.45) is -1.34. The van der Waals surface area contributed by atoms with Crippen LogP contribution in [0, 0.1) is 6.92 Å². The van der Waals surface area contributed by atoms with Crippen LogP contribution in [-0.2, 0) is 0 Å². The van der Waals surface area contributed by atoms with Gasteiger partial charge in [-0.1, -0.05) is 0 Å². The van der Waals surface area contributed by atoms with Crippen molar-refractivity contribution in [3.8, 4) is 11.4 Å². The fraction of sp³-hybridized carbons (Fsp3) is 0.250. The number of rotatable bonds is 3. The van der Waals surface area contributed by atoms with Gasteiger partial charge in [0.2, 0.25) is 0 Å². The summed E-state index contributed by atoms with van der Waals surface area (Å²) in [5, 5.41) is 0. The fourth-order valence-electron chi connectivity index (χ4n) is 1.68. The Hall–Kier alpha value is -1.91. The van der Waals surface area contributed by atoms with E-state index in [0.29, 0.717) is 17.3 Å². The van der Waals surface area contributed by atoms with Gasteiger partial charge in [0.25, 0.3) is 6.43 Å². The molecule has 0 atom stereocenters. The third-order valence-electron chi connectivity index (χ3n) is 2.52. The van der Waals surface area contributed by atoms with Crippen LogP contribution in [0.1, 0.15) is 17.9 Å².